The van der Waals surface area contributed by atoms with E-state index in [0.717, 1.165) is 30.8 Å². The van der Waals surface area contributed by atoms with Crippen molar-refractivity contribution >= 4 is 5.91 Å². The molecular weight excluding hydrogens is 330 g/mol. The lowest BCUT2D eigenvalue weighted by Gasteiger charge is -2.32. The summed E-state index contributed by atoms with van der Waals surface area (Å²) in [6, 6.07) is 11.2. The summed E-state index contributed by atoms with van der Waals surface area (Å²) in [6.07, 6.45) is 6.84. The molecule has 0 aliphatic carbocycles. The predicted octanol–water partition coefficient (Wildman–Crippen LogP) is 3.01. The van der Waals surface area contributed by atoms with Crippen LogP contribution in [0.1, 0.15) is 34.9 Å². The number of hydrogen-bond donors (Lipinski definition) is 1. The molecule has 7 heteroatoms. The van der Waals surface area contributed by atoms with Gasteiger partial charge in [0.1, 0.15) is 11.4 Å². The second-order valence-corrected chi connectivity index (χ2v) is 6.26. The number of carbonyl (C=O) groups is 1. The van der Waals surface area contributed by atoms with E-state index in [1.54, 1.807) is 24.7 Å². The predicted molar refractivity (Wildman–Crippen MR) is 95.0 cm³/mol. The number of carbonyl (C=O) groups excluding carboxylic acids is 1. The van der Waals surface area contributed by atoms with Crippen LogP contribution in [0.25, 0.3) is 0 Å². The number of para-hydroxylation sites is 1. The highest BCUT2D eigenvalue weighted by atomic mass is 16.5. The van der Waals surface area contributed by atoms with Crippen LogP contribution >= 0.6 is 0 Å². The zero-order valence-electron chi connectivity index (χ0n) is 14.2. The highest BCUT2D eigenvalue weighted by molar-refractivity contribution is 5.92. The van der Waals surface area contributed by atoms with Gasteiger partial charge in [0, 0.05) is 31.4 Å². The molecule has 2 aromatic heterocycles. The number of benzene rings is 1. The quantitative estimate of drug-likeness (QED) is 0.783. The van der Waals surface area contributed by atoms with E-state index in [-0.39, 0.29) is 11.8 Å². The third-order valence-electron chi connectivity index (χ3n) is 4.45. The zero-order chi connectivity index (χ0) is 17.8. The number of nitrogens with zero attached hydrogens (tertiary/aromatic N) is 4. The van der Waals surface area contributed by atoms with Gasteiger partial charge in [-0.05, 0) is 31.0 Å². The molecular formula is C19H19N5O2. The second kappa shape index (κ2) is 7.35. The Balaban J connectivity index is 1.48. The molecule has 1 aromatic carbocycles. The van der Waals surface area contributed by atoms with Crippen LogP contribution < -0.4 is 4.74 Å². The molecule has 1 aliphatic heterocycles. The maximum absolute atomic E-state index is 12.5. The molecule has 1 aliphatic rings. The van der Waals surface area contributed by atoms with Crippen molar-refractivity contribution < 1.29 is 9.53 Å². The van der Waals surface area contributed by atoms with Crippen molar-refractivity contribution in [1.29, 1.82) is 0 Å². The van der Waals surface area contributed by atoms with Crippen molar-refractivity contribution in [2.75, 3.05) is 13.1 Å². The van der Waals surface area contributed by atoms with Gasteiger partial charge < -0.3 is 9.64 Å². The molecule has 0 bridgehead atoms. The van der Waals surface area contributed by atoms with E-state index >= 15 is 0 Å². The summed E-state index contributed by atoms with van der Waals surface area (Å²) in [5, 5.41) is 6.59. The number of amides is 1. The largest absolute Gasteiger partial charge is 0.437 e. The summed E-state index contributed by atoms with van der Waals surface area (Å²) in [4.78, 5) is 23.3. The molecule has 4 rings (SSSR count). The molecule has 3 aromatic rings. The van der Waals surface area contributed by atoms with Gasteiger partial charge in [0.2, 0.25) is 5.88 Å². The molecule has 0 saturated carbocycles. The first kappa shape index (κ1) is 16.3. The fourth-order valence-electron chi connectivity index (χ4n) is 3.17. The van der Waals surface area contributed by atoms with Gasteiger partial charge in [0.15, 0.2) is 0 Å². The van der Waals surface area contributed by atoms with Gasteiger partial charge in [-0.3, -0.25) is 14.9 Å². The molecule has 0 spiro atoms. The smallest absolute Gasteiger partial charge is 0.271 e. The normalized spacial score (nSPS) is 17.1. The number of aromatic nitrogens is 4. The third-order valence-corrected chi connectivity index (χ3v) is 4.45. The van der Waals surface area contributed by atoms with Crippen LogP contribution in [0.4, 0.5) is 0 Å². The van der Waals surface area contributed by atoms with Gasteiger partial charge in [-0.15, -0.1) is 0 Å². The van der Waals surface area contributed by atoms with E-state index < -0.39 is 0 Å². The van der Waals surface area contributed by atoms with E-state index in [4.69, 9.17) is 4.74 Å². The van der Waals surface area contributed by atoms with Gasteiger partial charge in [-0.1, -0.05) is 18.2 Å². The number of rotatable bonds is 4. The number of H-pyrrole nitrogens is 1. The first-order chi connectivity index (χ1) is 12.8. The Morgan fingerprint density at radius 3 is 2.88 bits per heavy atom. The lowest BCUT2D eigenvalue weighted by Crippen LogP contribution is -2.39. The maximum Gasteiger partial charge on any atom is 0.271 e. The molecule has 1 amide bonds. The first-order valence-corrected chi connectivity index (χ1v) is 8.63. The summed E-state index contributed by atoms with van der Waals surface area (Å²) in [5.41, 5.74) is 1.36. The average Bonchev–Trinajstić information content (AvgIpc) is 3.23. The average molecular weight is 349 g/mol. The van der Waals surface area contributed by atoms with Crippen molar-refractivity contribution in [3.8, 4) is 11.6 Å². The number of ether oxygens (including phenoxy) is 1. The molecule has 0 unspecified atom stereocenters. The molecule has 0 radical (unpaired) electrons. The fourth-order valence-corrected chi connectivity index (χ4v) is 3.17. The second-order valence-electron chi connectivity index (χ2n) is 6.26. The zero-order valence-corrected chi connectivity index (χ0v) is 14.2. The topological polar surface area (TPSA) is 84.0 Å². The van der Waals surface area contributed by atoms with Crippen molar-refractivity contribution in [3.05, 3.63) is 66.4 Å². The lowest BCUT2D eigenvalue weighted by atomic mass is 9.95. The fraction of sp³-hybridized carbons (Fsp3) is 0.263. The molecule has 1 fully saturated rings. The summed E-state index contributed by atoms with van der Waals surface area (Å²) in [5.74, 6) is 1.30. The lowest BCUT2D eigenvalue weighted by molar-refractivity contribution is 0.0699. The van der Waals surface area contributed by atoms with Gasteiger partial charge in [-0.25, -0.2) is 4.98 Å². The Morgan fingerprint density at radius 1 is 1.19 bits per heavy atom. The monoisotopic (exact) mass is 349 g/mol. The van der Waals surface area contributed by atoms with Crippen LogP contribution in [0.15, 0.2) is 55.0 Å². The summed E-state index contributed by atoms with van der Waals surface area (Å²) >= 11 is 0. The van der Waals surface area contributed by atoms with Gasteiger partial charge in [0.05, 0.1) is 11.9 Å². The minimum atomic E-state index is -0.0307. The highest BCUT2D eigenvalue weighted by Gasteiger charge is 2.27. The van der Waals surface area contributed by atoms with Crippen molar-refractivity contribution in [1.82, 2.24) is 25.1 Å². The molecule has 1 saturated heterocycles. The van der Waals surface area contributed by atoms with Crippen LogP contribution in [-0.4, -0.2) is 44.1 Å². The Morgan fingerprint density at radius 2 is 2.08 bits per heavy atom. The van der Waals surface area contributed by atoms with E-state index in [1.807, 2.05) is 35.2 Å². The van der Waals surface area contributed by atoms with E-state index in [2.05, 4.69) is 20.2 Å². The number of likely N-dealkylation sites (tertiary alicyclic amines) is 1. The number of hydrogen-bond acceptors (Lipinski definition) is 5. The number of piperidine rings is 1. The van der Waals surface area contributed by atoms with E-state index in [1.165, 1.54) is 0 Å². The highest BCUT2D eigenvalue weighted by Crippen LogP contribution is 2.28. The van der Waals surface area contributed by atoms with Crippen molar-refractivity contribution in [2.45, 2.75) is 18.8 Å². The van der Waals surface area contributed by atoms with Gasteiger partial charge >= 0.3 is 0 Å². The number of aromatic amines is 1. The SMILES string of the molecule is O=C(c1ccn[nH]1)N1CCC[C@H](c2cncc(Oc3ccccc3)n2)C1. The third kappa shape index (κ3) is 3.56. The van der Waals surface area contributed by atoms with Crippen molar-refractivity contribution in [3.63, 3.8) is 0 Å². The molecule has 1 N–H and O–H groups in total. The molecule has 132 valence electrons. The van der Waals surface area contributed by atoms with Crippen molar-refractivity contribution in [2.24, 2.45) is 0 Å². The Hall–Kier alpha value is -3.22. The van der Waals surface area contributed by atoms with Gasteiger partial charge in [0.25, 0.3) is 5.91 Å². The maximum atomic E-state index is 12.5. The Labute approximate surface area is 151 Å². The van der Waals surface area contributed by atoms with Gasteiger partial charge in [-0.2, -0.15) is 5.10 Å². The first-order valence-electron chi connectivity index (χ1n) is 8.63. The van der Waals surface area contributed by atoms with Crippen LogP contribution in [0.2, 0.25) is 0 Å². The summed E-state index contributed by atoms with van der Waals surface area (Å²) in [7, 11) is 0. The van der Waals surface area contributed by atoms with Crippen LogP contribution in [-0.2, 0) is 0 Å². The van der Waals surface area contributed by atoms with E-state index in [0.29, 0.717) is 18.1 Å². The summed E-state index contributed by atoms with van der Waals surface area (Å²) in [6.45, 7) is 1.35. The molecule has 26 heavy (non-hydrogen) atoms. The van der Waals surface area contributed by atoms with E-state index in [9.17, 15) is 4.79 Å². The Kier molecular flexibility index (Phi) is 4.59. The Bertz CT molecular complexity index is 867. The number of nitrogens with one attached hydrogen (secondary N) is 1. The molecule has 7 nitrogen and oxygen atoms in total. The summed E-state index contributed by atoms with van der Waals surface area (Å²) < 4.78 is 5.78. The molecule has 1 atom stereocenters. The minimum absolute atomic E-state index is 0.0307. The molecule has 3 heterocycles. The van der Waals surface area contributed by atoms with Crippen LogP contribution in [0.3, 0.4) is 0 Å². The van der Waals surface area contributed by atoms with Crippen LogP contribution in [0.5, 0.6) is 11.6 Å². The minimum Gasteiger partial charge on any atom is -0.437 e. The standard InChI is InChI=1S/C19H19N5O2/c25-19(16-8-9-21-23-16)24-10-4-5-14(13-24)17-11-20-12-18(22-17)26-15-6-2-1-3-7-15/h1-3,6-9,11-12,14H,4-5,10,13H2,(H,21,23)/t14-/m0/s1. The van der Waals surface area contributed by atoms with Crippen LogP contribution in [0, 0.1) is 0 Å².